The van der Waals surface area contributed by atoms with Crippen LogP contribution in [0.4, 0.5) is 0 Å². The molecule has 1 atom stereocenters. The van der Waals surface area contributed by atoms with Gasteiger partial charge in [0, 0.05) is 6.04 Å². The first-order chi connectivity index (χ1) is 7.67. The van der Waals surface area contributed by atoms with Crippen molar-refractivity contribution in [2.24, 2.45) is 0 Å². The van der Waals surface area contributed by atoms with Crippen LogP contribution in [-0.4, -0.2) is 19.1 Å². The molecule has 0 bridgehead atoms. The van der Waals surface area contributed by atoms with Gasteiger partial charge in [-0.05, 0) is 31.1 Å². The molecule has 1 unspecified atom stereocenters. The number of carbonyl (C=O) groups excluding carboxylic acids is 1. The third kappa shape index (κ3) is 3.42. The topological polar surface area (TPSA) is 38.3 Å². The third-order valence-electron chi connectivity index (χ3n) is 2.29. The molecule has 1 N–H and O–H groups in total. The maximum atomic E-state index is 11.1. The normalized spacial score (nSPS) is 11.6. The minimum absolute atomic E-state index is 0.0572. The Kier molecular flexibility index (Phi) is 4.58. The van der Waals surface area contributed by atoms with Crippen LogP contribution in [0.1, 0.15) is 12.5 Å². The van der Waals surface area contributed by atoms with E-state index >= 15 is 0 Å². The summed E-state index contributed by atoms with van der Waals surface area (Å²) in [5.74, 6) is 0.699. The monoisotopic (exact) mass is 219 g/mol. The SMILES string of the molecule is C=CC(=O)NC(C)Cc1ccccc1OC. The van der Waals surface area contributed by atoms with Gasteiger partial charge in [0.2, 0.25) is 5.91 Å². The van der Waals surface area contributed by atoms with Gasteiger partial charge in [0.25, 0.3) is 0 Å². The van der Waals surface area contributed by atoms with E-state index in [-0.39, 0.29) is 11.9 Å². The summed E-state index contributed by atoms with van der Waals surface area (Å²) >= 11 is 0. The van der Waals surface area contributed by atoms with E-state index in [1.54, 1.807) is 7.11 Å². The maximum absolute atomic E-state index is 11.1. The van der Waals surface area contributed by atoms with E-state index in [0.29, 0.717) is 0 Å². The molecule has 16 heavy (non-hydrogen) atoms. The number of hydrogen-bond acceptors (Lipinski definition) is 2. The molecule has 0 heterocycles. The number of hydrogen-bond donors (Lipinski definition) is 1. The molecule has 0 aliphatic carbocycles. The fraction of sp³-hybridized carbons (Fsp3) is 0.308. The number of para-hydroxylation sites is 1. The van der Waals surface area contributed by atoms with Crippen molar-refractivity contribution in [1.29, 1.82) is 0 Å². The minimum atomic E-state index is -0.151. The van der Waals surface area contributed by atoms with Crippen LogP contribution in [-0.2, 0) is 11.2 Å². The average molecular weight is 219 g/mol. The van der Waals surface area contributed by atoms with E-state index in [2.05, 4.69) is 11.9 Å². The molecule has 1 aromatic carbocycles. The van der Waals surface area contributed by atoms with E-state index in [1.807, 2.05) is 31.2 Å². The highest BCUT2D eigenvalue weighted by atomic mass is 16.5. The first-order valence-electron chi connectivity index (χ1n) is 5.22. The fourth-order valence-electron chi connectivity index (χ4n) is 1.55. The van der Waals surface area contributed by atoms with Gasteiger partial charge in [-0.15, -0.1) is 0 Å². The second-order valence-corrected chi connectivity index (χ2v) is 3.63. The van der Waals surface area contributed by atoms with E-state index in [4.69, 9.17) is 4.74 Å². The Bertz CT molecular complexity index is 374. The molecule has 3 nitrogen and oxygen atoms in total. The van der Waals surface area contributed by atoms with Crippen LogP contribution < -0.4 is 10.1 Å². The van der Waals surface area contributed by atoms with Crippen LogP contribution in [0, 0.1) is 0 Å². The molecular formula is C13H17NO2. The summed E-state index contributed by atoms with van der Waals surface area (Å²) in [4.78, 5) is 11.1. The number of nitrogens with one attached hydrogen (secondary N) is 1. The quantitative estimate of drug-likeness (QED) is 0.768. The summed E-state index contributed by atoms with van der Waals surface area (Å²) in [6.07, 6.45) is 2.02. The van der Waals surface area contributed by atoms with Crippen molar-refractivity contribution in [2.45, 2.75) is 19.4 Å². The maximum Gasteiger partial charge on any atom is 0.243 e. The molecule has 0 fully saturated rings. The Morgan fingerprint density at radius 2 is 2.25 bits per heavy atom. The van der Waals surface area contributed by atoms with Crippen LogP contribution >= 0.6 is 0 Å². The molecule has 86 valence electrons. The second kappa shape index (κ2) is 5.95. The van der Waals surface area contributed by atoms with Crippen LogP contribution in [0.25, 0.3) is 0 Å². The average Bonchev–Trinajstić information content (AvgIpc) is 2.29. The Balaban J connectivity index is 2.65. The number of rotatable bonds is 5. The number of ether oxygens (including phenoxy) is 1. The van der Waals surface area contributed by atoms with Crippen LogP contribution in [0.5, 0.6) is 5.75 Å². The summed E-state index contributed by atoms with van der Waals surface area (Å²) in [6.45, 7) is 5.37. The van der Waals surface area contributed by atoms with Gasteiger partial charge in [-0.25, -0.2) is 0 Å². The summed E-state index contributed by atoms with van der Waals surface area (Å²) in [6, 6.07) is 7.85. The van der Waals surface area contributed by atoms with E-state index in [0.717, 1.165) is 17.7 Å². The van der Waals surface area contributed by atoms with Crippen LogP contribution in [0.15, 0.2) is 36.9 Å². The molecule has 1 rings (SSSR count). The van der Waals surface area contributed by atoms with Gasteiger partial charge in [-0.3, -0.25) is 4.79 Å². The van der Waals surface area contributed by atoms with Crippen LogP contribution in [0.2, 0.25) is 0 Å². The zero-order valence-electron chi connectivity index (χ0n) is 9.69. The summed E-state index contributed by atoms with van der Waals surface area (Å²) in [5.41, 5.74) is 1.09. The van der Waals surface area contributed by atoms with Crippen molar-refractivity contribution in [1.82, 2.24) is 5.32 Å². The second-order valence-electron chi connectivity index (χ2n) is 3.63. The number of amides is 1. The molecular weight excluding hydrogens is 202 g/mol. The lowest BCUT2D eigenvalue weighted by atomic mass is 10.1. The van der Waals surface area contributed by atoms with Gasteiger partial charge >= 0.3 is 0 Å². The van der Waals surface area contributed by atoms with Crippen molar-refractivity contribution < 1.29 is 9.53 Å². The van der Waals surface area contributed by atoms with Crippen molar-refractivity contribution in [3.63, 3.8) is 0 Å². The molecule has 0 aliphatic heterocycles. The lowest BCUT2D eigenvalue weighted by Gasteiger charge is -2.14. The molecule has 1 amide bonds. The van der Waals surface area contributed by atoms with Crippen molar-refractivity contribution in [2.75, 3.05) is 7.11 Å². The first-order valence-corrected chi connectivity index (χ1v) is 5.22. The number of carbonyl (C=O) groups is 1. The van der Waals surface area contributed by atoms with E-state index in [1.165, 1.54) is 6.08 Å². The molecule has 0 saturated carbocycles. The van der Waals surface area contributed by atoms with Gasteiger partial charge in [0.15, 0.2) is 0 Å². The van der Waals surface area contributed by atoms with Gasteiger partial charge in [0.1, 0.15) is 5.75 Å². The molecule has 0 spiro atoms. The van der Waals surface area contributed by atoms with Crippen molar-refractivity contribution in [3.8, 4) is 5.75 Å². The number of methoxy groups -OCH3 is 1. The fourth-order valence-corrected chi connectivity index (χ4v) is 1.55. The molecule has 0 aliphatic rings. The molecule has 0 radical (unpaired) electrons. The lowest BCUT2D eigenvalue weighted by Crippen LogP contribution is -2.32. The molecule has 3 heteroatoms. The largest absolute Gasteiger partial charge is 0.496 e. The Morgan fingerprint density at radius 3 is 2.88 bits per heavy atom. The lowest BCUT2D eigenvalue weighted by molar-refractivity contribution is -0.117. The smallest absolute Gasteiger partial charge is 0.243 e. The van der Waals surface area contributed by atoms with E-state index in [9.17, 15) is 4.79 Å². The molecule has 1 aromatic rings. The van der Waals surface area contributed by atoms with Crippen molar-refractivity contribution >= 4 is 5.91 Å². The standard InChI is InChI=1S/C13H17NO2/c1-4-13(15)14-10(2)9-11-7-5-6-8-12(11)16-3/h4-8,10H,1,9H2,2-3H3,(H,14,15). The number of benzene rings is 1. The first kappa shape index (κ1) is 12.3. The van der Waals surface area contributed by atoms with Gasteiger partial charge in [0.05, 0.1) is 7.11 Å². The highest BCUT2D eigenvalue weighted by molar-refractivity contribution is 5.87. The minimum Gasteiger partial charge on any atom is -0.496 e. The Labute approximate surface area is 96.1 Å². The summed E-state index contributed by atoms with van der Waals surface area (Å²) in [5, 5.41) is 2.82. The Hall–Kier alpha value is -1.77. The van der Waals surface area contributed by atoms with Crippen LogP contribution in [0.3, 0.4) is 0 Å². The predicted octanol–water partition coefficient (Wildman–Crippen LogP) is 1.93. The molecule has 0 saturated heterocycles. The zero-order chi connectivity index (χ0) is 12.0. The molecule has 0 aromatic heterocycles. The van der Waals surface area contributed by atoms with Gasteiger partial charge in [-0.2, -0.15) is 0 Å². The van der Waals surface area contributed by atoms with Gasteiger partial charge in [-0.1, -0.05) is 24.8 Å². The van der Waals surface area contributed by atoms with E-state index < -0.39 is 0 Å². The third-order valence-corrected chi connectivity index (χ3v) is 2.29. The summed E-state index contributed by atoms with van der Waals surface area (Å²) < 4.78 is 5.24. The highest BCUT2D eigenvalue weighted by Gasteiger charge is 2.08. The summed E-state index contributed by atoms with van der Waals surface area (Å²) in [7, 11) is 1.64. The Morgan fingerprint density at radius 1 is 1.56 bits per heavy atom. The highest BCUT2D eigenvalue weighted by Crippen LogP contribution is 2.18. The van der Waals surface area contributed by atoms with Crippen molar-refractivity contribution in [3.05, 3.63) is 42.5 Å². The predicted molar refractivity (Wildman–Crippen MR) is 64.5 cm³/mol. The zero-order valence-corrected chi connectivity index (χ0v) is 9.69. The van der Waals surface area contributed by atoms with Gasteiger partial charge < -0.3 is 10.1 Å².